The summed E-state index contributed by atoms with van der Waals surface area (Å²) < 4.78 is 4.78. The molecule has 0 radical (unpaired) electrons. The number of imide groups is 1. The quantitative estimate of drug-likeness (QED) is 0.668. The first-order valence-electron chi connectivity index (χ1n) is 4.90. The lowest BCUT2D eigenvalue weighted by Crippen LogP contribution is -2.45. The Morgan fingerprint density at radius 2 is 2.21 bits per heavy atom. The molecule has 0 unspecified atom stereocenters. The second kappa shape index (κ2) is 5.59. The maximum atomic E-state index is 11.3. The first-order valence-corrected chi connectivity index (χ1v) is 4.90. The number of carbonyl (C=O) groups excluding carboxylic acids is 2. The highest BCUT2D eigenvalue weighted by molar-refractivity contribution is 5.80. The fourth-order valence-electron chi connectivity index (χ4n) is 1.56. The van der Waals surface area contributed by atoms with Crippen LogP contribution in [-0.2, 0) is 9.53 Å². The molecule has 1 fully saturated rings. The van der Waals surface area contributed by atoms with E-state index < -0.39 is 6.09 Å². The fourth-order valence-corrected chi connectivity index (χ4v) is 1.56. The number of carbonyl (C=O) groups is 2. The van der Waals surface area contributed by atoms with Crippen LogP contribution in [0.1, 0.15) is 19.8 Å². The molecule has 2 amide bonds. The molecule has 1 aliphatic rings. The van der Waals surface area contributed by atoms with Gasteiger partial charge in [0.2, 0.25) is 6.41 Å². The lowest BCUT2D eigenvalue weighted by Gasteiger charge is -2.29. The second-order valence-corrected chi connectivity index (χ2v) is 3.19. The molecular formula is C9H16N2O3. The lowest BCUT2D eigenvalue weighted by atomic mass is 10.1. The van der Waals surface area contributed by atoms with Gasteiger partial charge >= 0.3 is 6.09 Å². The molecule has 5 nitrogen and oxygen atoms in total. The number of hydrogen-bond acceptors (Lipinski definition) is 4. The molecule has 14 heavy (non-hydrogen) atoms. The van der Waals surface area contributed by atoms with Gasteiger partial charge in [-0.15, -0.1) is 0 Å². The first-order chi connectivity index (χ1) is 6.79. The zero-order valence-electron chi connectivity index (χ0n) is 8.36. The van der Waals surface area contributed by atoms with Crippen LogP contribution < -0.4 is 5.32 Å². The number of hydrogen-bond donors (Lipinski definition) is 1. The Hall–Kier alpha value is -1.10. The highest BCUT2D eigenvalue weighted by Gasteiger charge is 2.25. The van der Waals surface area contributed by atoms with Crippen LogP contribution in [0.5, 0.6) is 0 Å². The summed E-state index contributed by atoms with van der Waals surface area (Å²) in [6, 6.07) is -0.00667. The number of piperidine rings is 1. The van der Waals surface area contributed by atoms with E-state index in [4.69, 9.17) is 4.74 Å². The van der Waals surface area contributed by atoms with Gasteiger partial charge in [0.1, 0.15) is 0 Å². The maximum absolute atomic E-state index is 11.3. The largest absolute Gasteiger partial charge is 0.449 e. The molecule has 1 heterocycles. The summed E-state index contributed by atoms with van der Waals surface area (Å²) >= 11 is 0. The molecule has 1 rings (SSSR count). The molecule has 0 aromatic heterocycles. The highest BCUT2D eigenvalue weighted by Crippen LogP contribution is 2.11. The predicted octanol–water partition coefficient (Wildman–Crippen LogP) is 0.353. The van der Waals surface area contributed by atoms with E-state index >= 15 is 0 Å². The average Bonchev–Trinajstić information content (AvgIpc) is 2.21. The van der Waals surface area contributed by atoms with Crippen molar-refractivity contribution in [2.24, 2.45) is 0 Å². The molecule has 5 heteroatoms. The summed E-state index contributed by atoms with van der Waals surface area (Å²) in [5.74, 6) is 0. The molecule has 0 atom stereocenters. The van der Waals surface area contributed by atoms with Crippen molar-refractivity contribution in [1.29, 1.82) is 0 Å². The van der Waals surface area contributed by atoms with Gasteiger partial charge in [-0.1, -0.05) is 0 Å². The Balaban J connectivity index is 2.50. The summed E-state index contributed by atoms with van der Waals surface area (Å²) in [7, 11) is 0. The first kappa shape index (κ1) is 11.0. The van der Waals surface area contributed by atoms with Gasteiger partial charge in [0.05, 0.1) is 6.61 Å². The molecule has 0 aliphatic carbocycles. The molecule has 0 saturated carbocycles. The summed E-state index contributed by atoms with van der Waals surface area (Å²) in [5, 5.41) is 3.17. The Bertz CT molecular complexity index is 202. The molecular weight excluding hydrogens is 184 g/mol. The Morgan fingerprint density at radius 1 is 1.57 bits per heavy atom. The van der Waals surface area contributed by atoms with Crippen LogP contribution in [0.3, 0.4) is 0 Å². The zero-order chi connectivity index (χ0) is 10.4. The van der Waals surface area contributed by atoms with Crippen molar-refractivity contribution in [2.75, 3.05) is 19.7 Å². The monoisotopic (exact) mass is 200 g/mol. The van der Waals surface area contributed by atoms with Gasteiger partial charge in [0, 0.05) is 6.04 Å². The SMILES string of the molecule is CCOC(=O)N(C=O)C1CCNCC1. The molecule has 1 saturated heterocycles. The van der Waals surface area contributed by atoms with Crippen LogP contribution in [-0.4, -0.2) is 43.1 Å². The van der Waals surface area contributed by atoms with E-state index in [-0.39, 0.29) is 6.04 Å². The standard InChI is InChI=1S/C9H16N2O3/c1-2-14-9(13)11(7-12)8-3-5-10-6-4-8/h7-8,10H,2-6H2,1H3. The molecule has 0 bridgehead atoms. The third-order valence-electron chi connectivity index (χ3n) is 2.29. The van der Waals surface area contributed by atoms with Crippen LogP contribution in [0.2, 0.25) is 0 Å². The van der Waals surface area contributed by atoms with E-state index in [0.29, 0.717) is 13.0 Å². The molecule has 0 spiro atoms. The van der Waals surface area contributed by atoms with Crippen molar-refractivity contribution >= 4 is 12.5 Å². The summed E-state index contributed by atoms with van der Waals surface area (Å²) in [4.78, 5) is 23.2. The smallest absolute Gasteiger partial charge is 0.416 e. The Labute approximate surface area is 83.4 Å². The topological polar surface area (TPSA) is 58.6 Å². The number of nitrogens with one attached hydrogen (secondary N) is 1. The van der Waals surface area contributed by atoms with Crippen LogP contribution in [0.4, 0.5) is 4.79 Å². The minimum atomic E-state index is -0.533. The zero-order valence-corrected chi connectivity index (χ0v) is 8.36. The number of amides is 2. The van der Waals surface area contributed by atoms with Gasteiger partial charge < -0.3 is 10.1 Å². The van der Waals surface area contributed by atoms with E-state index in [1.54, 1.807) is 6.92 Å². The third-order valence-corrected chi connectivity index (χ3v) is 2.29. The van der Waals surface area contributed by atoms with Gasteiger partial charge in [0.15, 0.2) is 0 Å². The van der Waals surface area contributed by atoms with E-state index in [2.05, 4.69) is 5.32 Å². The van der Waals surface area contributed by atoms with E-state index in [1.165, 1.54) is 0 Å². The Morgan fingerprint density at radius 3 is 2.71 bits per heavy atom. The van der Waals surface area contributed by atoms with Crippen molar-refractivity contribution in [3.63, 3.8) is 0 Å². The molecule has 80 valence electrons. The van der Waals surface area contributed by atoms with Gasteiger partial charge in [0.25, 0.3) is 0 Å². The number of rotatable bonds is 3. The lowest BCUT2D eigenvalue weighted by molar-refractivity contribution is -0.118. The van der Waals surface area contributed by atoms with Gasteiger partial charge in [-0.25, -0.2) is 9.69 Å². The van der Waals surface area contributed by atoms with Gasteiger partial charge in [-0.2, -0.15) is 0 Å². The van der Waals surface area contributed by atoms with E-state index in [1.807, 2.05) is 0 Å². The maximum Gasteiger partial charge on any atom is 0.416 e. The fraction of sp³-hybridized carbons (Fsp3) is 0.778. The van der Waals surface area contributed by atoms with E-state index in [9.17, 15) is 9.59 Å². The van der Waals surface area contributed by atoms with Crippen LogP contribution in [0, 0.1) is 0 Å². The van der Waals surface area contributed by atoms with Gasteiger partial charge in [-0.3, -0.25) is 4.79 Å². The third kappa shape index (κ3) is 2.70. The highest BCUT2D eigenvalue weighted by atomic mass is 16.6. The van der Waals surface area contributed by atoms with Crippen molar-refractivity contribution in [2.45, 2.75) is 25.8 Å². The van der Waals surface area contributed by atoms with Gasteiger partial charge in [-0.05, 0) is 32.9 Å². The van der Waals surface area contributed by atoms with Crippen LogP contribution in [0.25, 0.3) is 0 Å². The number of nitrogens with zero attached hydrogens (tertiary/aromatic N) is 1. The molecule has 0 aromatic carbocycles. The summed E-state index contributed by atoms with van der Waals surface area (Å²) in [6.07, 6.45) is 1.64. The van der Waals surface area contributed by atoms with E-state index in [0.717, 1.165) is 30.8 Å². The van der Waals surface area contributed by atoms with Crippen molar-refractivity contribution in [3.8, 4) is 0 Å². The minimum Gasteiger partial charge on any atom is -0.449 e. The van der Waals surface area contributed by atoms with Crippen LogP contribution in [0.15, 0.2) is 0 Å². The predicted molar refractivity (Wildman–Crippen MR) is 50.8 cm³/mol. The molecule has 1 aliphatic heterocycles. The van der Waals surface area contributed by atoms with Crippen molar-refractivity contribution in [1.82, 2.24) is 10.2 Å². The average molecular weight is 200 g/mol. The molecule has 0 aromatic rings. The summed E-state index contributed by atoms with van der Waals surface area (Å²) in [6.45, 7) is 3.71. The minimum absolute atomic E-state index is 0.00667. The Kier molecular flexibility index (Phi) is 4.39. The molecule has 1 N–H and O–H groups in total. The number of ether oxygens (including phenoxy) is 1. The normalized spacial score (nSPS) is 17.5. The second-order valence-electron chi connectivity index (χ2n) is 3.19. The van der Waals surface area contributed by atoms with Crippen LogP contribution >= 0.6 is 0 Å². The summed E-state index contributed by atoms with van der Waals surface area (Å²) in [5.41, 5.74) is 0. The van der Waals surface area contributed by atoms with Crippen molar-refractivity contribution in [3.05, 3.63) is 0 Å². The van der Waals surface area contributed by atoms with Crippen molar-refractivity contribution < 1.29 is 14.3 Å².